The number of furan rings is 1. The molecule has 1 saturated heterocycles. The zero-order valence-corrected chi connectivity index (χ0v) is 15.1. The average molecular weight is 368 g/mol. The highest BCUT2D eigenvalue weighted by Gasteiger charge is 2.36. The molecule has 0 aliphatic carbocycles. The Kier molecular flexibility index (Phi) is 5.40. The van der Waals surface area contributed by atoms with Crippen LogP contribution in [0.5, 0.6) is 5.75 Å². The molecule has 27 heavy (non-hydrogen) atoms. The van der Waals surface area contributed by atoms with Gasteiger partial charge in [0.15, 0.2) is 0 Å². The summed E-state index contributed by atoms with van der Waals surface area (Å²) in [5.74, 6) is -0.417. The molecule has 4 amide bonds. The number of barbiturate groups is 1. The molecule has 1 fully saturated rings. The zero-order valence-electron chi connectivity index (χ0n) is 15.1. The number of urea groups is 1. The van der Waals surface area contributed by atoms with Crippen LogP contribution in [0, 0.1) is 0 Å². The maximum absolute atomic E-state index is 12.8. The number of nitrogens with one attached hydrogen (secondary N) is 1. The van der Waals surface area contributed by atoms with Gasteiger partial charge in [-0.05, 0) is 37.6 Å². The summed E-state index contributed by atoms with van der Waals surface area (Å²) in [6.07, 6.45) is 3.69. The Bertz CT molecular complexity index is 886. The van der Waals surface area contributed by atoms with Crippen molar-refractivity contribution in [2.24, 2.45) is 0 Å². The number of rotatable bonds is 6. The lowest BCUT2D eigenvalue weighted by Crippen LogP contribution is -2.53. The third-order valence-electron chi connectivity index (χ3n) is 4.20. The number of amides is 4. The van der Waals surface area contributed by atoms with Crippen LogP contribution < -0.4 is 10.1 Å². The largest absolute Gasteiger partial charge is 0.490 e. The standard InChI is InChI=1S/C20H20N2O5/c1-3-13(2)27-17-9-5-4-7-14(17)11-16-18(23)21-20(25)22(19(16)24)12-15-8-6-10-26-15/h4-11,13H,3,12H2,1-2H3,(H,21,23,25)/b16-11+/t13-/m1/s1. The van der Waals surface area contributed by atoms with Gasteiger partial charge in [0, 0.05) is 5.56 Å². The highest BCUT2D eigenvalue weighted by molar-refractivity contribution is 6.31. The fourth-order valence-electron chi connectivity index (χ4n) is 2.56. The maximum Gasteiger partial charge on any atom is 0.331 e. The molecule has 1 aliphatic heterocycles. The third kappa shape index (κ3) is 4.08. The quantitative estimate of drug-likeness (QED) is 0.625. The fourth-order valence-corrected chi connectivity index (χ4v) is 2.56. The van der Waals surface area contributed by atoms with Crippen molar-refractivity contribution < 1.29 is 23.5 Å². The predicted molar refractivity (Wildman–Crippen MR) is 97.6 cm³/mol. The Morgan fingerprint density at radius 2 is 1.96 bits per heavy atom. The molecule has 140 valence electrons. The van der Waals surface area contributed by atoms with Gasteiger partial charge in [-0.15, -0.1) is 0 Å². The van der Waals surface area contributed by atoms with Crippen LogP contribution >= 0.6 is 0 Å². The van der Waals surface area contributed by atoms with Crippen molar-refractivity contribution in [1.29, 1.82) is 0 Å². The maximum atomic E-state index is 12.8. The molecule has 0 spiro atoms. The van der Waals surface area contributed by atoms with E-state index in [1.54, 1.807) is 30.3 Å². The van der Waals surface area contributed by atoms with Gasteiger partial charge >= 0.3 is 6.03 Å². The lowest BCUT2D eigenvalue weighted by atomic mass is 10.1. The van der Waals surface area contributed by atoms with E-state index < -0.39 is 17.8 Å². The van der Waals surface area contributed by atoms with Crippen molar-refractivity contribution >= 4 is 23.9 Å². The zero-order chi connectivity index (χ0) is 19.4. The second kappa shape index (κ2) is 7.90. The van der Waals surface area contributed by atoms with Gasteiger partial charge < -0.3 is 9.15 Å². The summed E-state index contributed by atoms with van der Waals surface area (Å²) in [6.45, 7) is 3.88. The van der Waals surface area contributed by atoms with Crippen molar-refractivity contribution in [3.8, 4) is 5.75 Å². The van der Waals surface area contributed by atoms with E-state index in [1.165, 1.54) is 12.3 Å². The predicted octanol–water partition coefficient (Wildman–Crippen LogP) is 3.12. The molecule has 1 N–H and O–H groups in total. The molecule has 2 heterocycles. The Labute approximate surface area is 156 Å². The van der Waals surface area contributed by atoms with Gasteiger partial charge in [-0.1, -0.05) is 25.1 Å². The molecule has 3 rings (SSSR count). The first-order chi connectivity index (χ1) is 13.0. The number of nitrogens with zero attached hydrogens (tertiary/aromatic N) is 1. The van der Waals surface area contributed by atoms with Crippen LogP contribution in [0.15, 0.2) is 52.7 Å². The van der Waals surface area contributed by atoms with Gasteiger partial charge in [-0.2, -0.15) is 0 Å². The van der Waals surface area contributed by atoms with Crippen molar-refractivity contribution in [2.75, 3.05) is 0 Å². The molecule has 0 bridgehead atoms. The Morgan fingerprint density at radius 3 is 2.67 bits per heavy atom. The number of carbonyl (C=O) groups is 3. The normalized spacial score (nSPS) is 17.2. The van der Waals surface area contributed by atoms with Crippen LogP contribution in [0.25, 0.3) is 6.08 Å². The molecule has 1 aromatic heterocycles. The molecule has 7 nitrogen and oxygen atoms in total. The van der Waals surface area contributed by atoms with Crippen LogP contribution in [-0.2, 0) is 16.1 Å². The SMILES string of the molecule is CC[C@@H](C)Oc1ccccc1/C=C1\C(=O)NC(=O)N(Cc2ccco2)C1=O. The number of hydrogen-bond acceptors (Lipinski definition) is 5. The minimum atomic E-state index is -0.775. The molecule has 1 aliphatic rings. The van der Waals surface area contributed by atoms with E-state index in [9.17, 15) is 14.4 Å². The summed E-state index contributed by atoms with van der Waals surface area (Å²) in [5.41, 5.74) is 0.449. The van der Waals surface area contributed by atoms with Crippen molar-refractivity contribution in [2.45, 2.75) is 32.9 Å². The molecule has 1 aromatic carbocycles. The van der Waals surface area contributed by atoms with Gasteiger partial charge in [-0.25, -0.2) is 4.79 Å². The first-order valence-corrected chi connectivity index (χ1v) is 8.66. The Balaban J connectivity index is 1.91. The van der Waals surface area contributed by atoms with E-state index in [2.05, 4.69) is 5.32 Å². The van der Waals surface area contributed by atoms with Crippen LogP contribution in [0.4, 0.5) is 4.79 Å². The summed E-state index contributed by atoms with van der Waals surface area (Å²) in [7, 11) is 0. The molecular weight excluding hydrogens is 348 g/mol. The first-order valence-electron chi connectivity index (χ1n) is 8.66. The number of carbonyl (C=O) groups excluding carboxylic acids is 3. The van der Waals surface area contributed by atoms with E-state index in [-0.39, 0.29) is 18.2 Å². The van der Waals surface area contributed by atoms with E-state index >= 15 is 0 Å². The number of ether oxygens (including phenoxy) is 1. The van der Waals surface area contributed by atoms with Crippen LogP contribution in [0.1, 0.15) is 31.6 Å². The monoisotopic (exact) mass is 368 g/mol. The number of para-hydroxylation sites is 1. The smallest absolute Gasteiger partial charge is 0.331 e. The van der Waals surface area contributed by atoms with Gasteiger partial charge in [0.2, 0.25) is 0 Å². The minimum Gasteiger partial charge on any atom is -0.490 e. The summed E-state index contributed by atoms with van der Waals surface area (Å²) >= 11 is 0. The second-order valence-electron chi connectivity index (χ2n) is 6.16. The Morgan fingerprint density at radius 1 is 1.19 bits per heavy atom. The lowest BCUT2D eigenvalue weighted by Gasteiger charge is -2.25. The Hall–Kier alpha value is -3.35. The van der Waals surface area contributed by atoms with Crippen LogP contribution in [0.3, 0.4) is 0 Å². The van der Waals surface area contributed by atoms with Gasteiger partial charge in [0.05, 0.1) is 18.9 Å². The molecule has 0 radical (unpaired) electrons. The van der Waals surface area contributed by atoms with Crippen LogP contribution in [-0.4, -0.2) is 28.8 Å². The summed E-state index contributed by atoms with van der Waals surface area (Å²) in [4.78, 5) is 38.0. The fraction of sp³-hybridized carbons (Fsp3) is 0.250. The molecule has 1 atom stereocenters. The summed E-state index contributed by atoms with van der Waals surface area (Å²) in [6, 6.07) is 9.65. The first kappa shape index (κ1) is 18.4. The minimum absolute atomic E-state index is 0.0162. The second-order valence-corrected chi connectivity index (χ2v) is 6.16. The molecule has 0 saturated carbocycles. The molecular formula is C20H20N2O5. The molecule has 0 unspecified atom stereocenters. The van der Waals surface area contributed by atoms with Gasteiger partial charge in [0.1, 0.15) is 17.1 Å². The van der Waals surface area contributed by atoms with E-state index in [0.717, 1.165) is 11.3 Å². The van der Waals surface area contributed by atoms with Crippen molar-refractivity contribution in [3.05, 3.63) is 59.6 Å². The van der Waals surface area contributed by atoms with Crippen LogP contribution in [0.2, 0.25) is 0 Å². The number of imide groups is 2. The van der Waals surface area contributed by atoms with Gasteiger partial charge in [-0.3, -0.25) is 19.8 Å². The van der Waals surface area contributed by atoms with Crippen molar-refractivity contribution in [3.63, 3.8) is 0 Å². The highest BCUT2D eigenvalue weighted by Crippen LogP contribution is 2.25. The third-order valence-corrected chi connectivity index (χ3v) is 4.20. The van der Waals surface area contributed by atoms with E-state index in [1.807, 2.05) is 19.9 Å². The number of hydrogen-bond donors (Lipinski definition) is 1. The molecule has 7 heteroatoms. The topological polar surface area (TPSA) is 88.8 Å². The highest BCUT2D eigenvalue weighted by atomic mass is 16.5. The van der Waals surface area contributed by atoms with E-state index in [0.29, 0.717) is 17.1 Å². The number of benzene rings is 1. The average Bonchev–Trinajstić information content (AvgIpc) is 3.16. The summed E-state index contributed by atoms with van der Waals surface area (Å²) in [5, 5.41) is 2.19. The molecule has 2 aromatic rings. The van der Waals surface area contributed by atoms with Crippen molar-refractivity contribution in [1.82, 2.24) is 10.2 Å². The van der Waals surface area contributed by atoms with Gasteiger partial charge in [0.25, 0.3) is 11.8 Å². The van der Waals surface area contributed by atoms with E-state index in [4.69, 9.17) is 9.15 Å². The lowest BCUT2D eigenvalue weighted by molar-refractivity contribution is -0.130. The summed E-state index contributed by atoms with van der Waals surface area (Å²) < 4.78 is 11.0.